The Morgan fingerprint density at radius 2 is 2.12 bits per heavy atom. The molecule has 0 N–H and O–H groups in total. The van der Waals surface area contributed by atoms with Crippen LogP contribution in [-0.2, 0) is 0 Å². The van der Waals surface area contributed by atoms with Crippen LogP contribution < -0.4 is 9.47 Å². The van der Waals surface area contributed by atoms with Crippen LogP contribution in [-0.4, -0.2) is 18.2 Å². The Morgan fingerprint density at radius 1 is 1.24 bits per heavy atom. The van der Waals surface area contributed by atoms with E-state index in [0.717, 1.165) is 22.6 Å². The summed E-state index contributed by atoms with van der Waals surface area (Å²) in [5.41, 5.74) is 1.87. The highest BCUT2D eigenvalue weighted by molar-refractivity contribution is 6.29. The Morgan fingerprint density at radius 3 is 3.00 bits per heavy atom. The second kappa shape index (κ2) is 4.26. The minimum absolute atomic E-state index is 0.455. The van der Waals surface area contributed by atoms with E-state index in [1.165, 1.54) is 0 Å². The Hall–Kier alpha value is -1.74. The number of rotatable bonds is 1. The van der Waals surface area contributed by atoms with Crippen molar-refractivity contribution in [2.45, 2.75) is 0 Å². The fourth-order valence-electron chi connectivity index (χ4n) is 1.80. The van der Waals surface area contributed by atoms with Crippen molar-refractivity contribution in [2.24, 2.45) is 0 Å². The fourth-order valence-corrected chi connectivity index (χ4v) is 1.97. The topological polar surface area (TPSA) is 31.4 Å². The second-order valence-electron chi connectivity index (χ2n) is 3.63. The summed E-state index contributed by atoms with van der Waals surface area (Å²) in [5, 5.41) is 0.455. The van der Waals surface area contributed by atoms with E-state index in [2.05, 4.69) is 11.1 Å². The highest BCUT2D eigenvalue weighted by atomic mass is 35.5. The van der Waals surface area contributed by atoms with Gasteiger partial charge in [0.2, 0.25) is 0 Å². The SMILES string of the molecule is Clc1cc(-c2c[c]cc3c2OCCO3)ccn1. The van der Waals surface area contributed by atoms with E-state index in [9.17, 15) is 0 Å². The summed E-state index contributed by atoms with van der Waals surface area (Å²) in [6.07, 6.45) is 1.67. The normalized spacial score (nSPS) is 13.5. The van der Waals surface area contributed by atoms with Crippen LogP contribution in [0.3, 0.4) is 0 Å². The average Bonchev–Trinajstić information content (AvgIpc) is 2.38. The first-order chi connectivity index (χ1) is 8.34. The molecule has 4 heteroatoms. The van der Waals surface area contributed by atoms with Gasteiger partial charge < -0.3 is 9.47 Å². The van der Waals surface area contributed by atoms with Gasteiger partial charge >= 0.3 is 0 Å². The van der Waals surface area contributed by atoms with Gasteiger partial charge in [-0.3, -0.25) is 0 Å². The van der Waals surface area contributed by atoms with E-state index in [1.54, 1.807) is 18.3 Å². The summed E-state index contributed by atoms with van der Waals surface area (Å²) in [5.74, 6) is 1.47. The van der Waals surface area contributed by atoms with Gasteiger partial charge in [-0.15, -0.1) is 0 Å². The van der Waals surface area contributed by atoms with Crippen LogP contribution in [0.15, 0.2) is 30.5 Å². The molecule has 85 valence electrons. The molecule has 0 amide bonds. The van der Waals surface area contributed by atoms with Crippen molar-refractivity contribution in [1.82, 2.24) is 4.98 Å². The monoisotopic (exact) mass is 246 g/mol. The van der Waals surface area contributed by atoms with E-state index in [1.807, 2.05) is 12.1 Å². The van der Waals surface area contributed by atoms with Gasteiger partial charge in [0, 0.05) is 11.8 Å². The third-order valence-electron chi connectivity index (χ3n) is 2.54. The summed E-state index contributed by atoms with van der Waals surface area (Å²) >= 11 is 5.88. The molecule has 0 atom stereocenters. The van der Waals surface area contributed by atoms with Crippen molar-refractivity contribution < 1.29 is 9.47 Å². The third kappa shape index (κ3) is 1.94. The highest BCUT2D eigenvalue weighted by Crippen LogP contribution is 2.39. The fraction of sp³-hybridized carbons (Fsp3) is 0.154. The number of fused-ring (bicyclic) bond motifs is 1. The zero-order chi connectivity index (χ0) is 11.7. The van der Waals surface area contributed by atoms with Crippen LogP contribution in [0.25, 0.3) is 11.1 Å². The Kier molecular flexibility index (Phi) is 2.61. The van der Waals surface area contributed by atoms with Crippen LogP contribution in [0.1, 0.15) is 0 Å². The average molecular weight is 247 g/mol. The standard InChI is InChI=1S/C13H9ClNO2/c14-12-8-9(4-5-15-12)10-2-1-3-11-13(10)17-7-6-16-11/h2-5,8H,6-7H2. The van der Waals surface area contributed by atoms with Gasteiger partial charge in [0.25, 0.3) is 0 Å². The molecule has 1 radical (unpaired) electrons. The van der Waals surface area contributed by atoms with E-state index >= 15 is 0 Å². The van der Waals surface area contributed by atoms with Crippen molar-refractivity contribution in [2.75, 3.05) is 13.2 Å². The van der Waals surface area contributed by atoms with E-state index in [-0.39, 0.29) is 0 Å². The van der Waals surface area contributed by atoms with Crippen molar-refractivity contribution in [3.05, 3.63) is 41.7 Å². The first kappa shape index (κ1) is 10.4. The quantitative estimate of drug-likeness (QED) is 0.725. The summed E-state index contributed by atoms with van der Waals surface area (Å²) < 4.78 is 11.2. The molecule has 1 aromatic carbocycles. The molecule has 0 aliphatic carbocycles. The van der Waals surface area contributed by atoms with Gasteiger partial charge in [-0.05, 0) is 35.9 Å². The minimum atomic E-state index is 0.455. The van der Waals surface area contributed by atoms with Gasteiger partial charge in [0.15, 0.2) is 11.5 Å². The van der Waals surface area contributed by atoms with Crippen molar-refractivity contribution in [3.63, 3.8) is 0 Å². The number of halogens is 1. The Balaban J connectivity index is 2.14. The number of hydrogen-bond acceptors (Lipinski definition) is 3. The van der Waals surface area contributed by atoms with Crippen LogP contribution in [0.5, 0.6) is 11.5 Å². The number of hydrogen-bond donors (Lipinski definition) is 0. The molecule has 0 bridgehead atoms. The summed E-state index contributed by atoms with van der Waals surface area (Å²) in [7, 11) is 0. The van der Waals surface area contributed by atoms with Gasteiger partial charge in [-0.1, -0.05) is 11.6 Å². The third-order valence-corrected chi connectivity index (χ3v) is 2.74. The zero-order valence-corrected chi connectivity index (χ0v) is 9.70. The van der Waals surface area contributed by atoms with Gasteiger partial charge in [-0.2, -0.15) is 0 Å². The van der Waals surface area contributed by atoms with Gasteiger partial charge in [0.1, 0.15) is 18.4 Å². The van der Waals surface area contributed by atoms with Gasteiger partial charge in [0.05, 0.1) is 0 Å². The lowest BCUT2D eigenvalue weighted by atomic mass is 10.1. The molecular weight excluding hydrogens is 238 g/mol. The molecule has 0 saturated carbocycles. The molecule has 1 aromatic heterocycles. The maximum atomic E-state index is 5.88. The molecule has 1 aliphatic heterocycles. The molecule has 0 unspecified atom stereocenters. The first-order valence-corrected chi connectivity index (χ1v) is 5.64. The molecule has 2 heterocycles. The van der Waals surface area contributed by atoms with Crippen LogP contribution in [0.4, 0.5) is 0 Å². The molecule has 0 fully saturated rings. The zero-order valence-electron chi connectivity index (χ0n) is 8.94. The molecule has 1 aliphatic rings. The van der Waals surface area contributed by atoms with E-state index < -0.39 is 0 Å². The maximum absolute atomic E-state index is 5.88. The number of nitrogens with zero attached hydrogens (tertiary/aromatic N) is 1. The lowest BCUT2D eigenvalue weighted by molar-refractivity contribution is 0.172. The van der Waals surface area contributed by atoms with Crippen molar-refractivity contribution >= 4 is 11.6 Å². The predicted octanol–water partition coefficient (Wildman–Crippen LogP) is 2.97. The molecule has 2 aromatic rings. The largest absolute Gasteiger partial charge is 0.486 e. The minimum Gasteiger partial charge on any atom is -0.486 e. The van der Waals surface area contributed by atoms with Crippen molar-refractivity contribution in [1.29, 1.82) is 0 Å². The number of ether oxygens (including phenoxy) is 2. The van der Waals surface area contributed by atoms with Crippen LogP contribution in [0.2, 0.25) is 5.15 Å². The summed E-state index contributed by atoms with van der Waals surface area (Å²) in [4.78, 5) is 3.96. The number of benzene rings is 1. The lowest BCUT2D eigenvalue weighted by Gasteiger charge is -2.20. The highest BCUT2D eigenvalue weighted by Gasteiger charge is 2.16. The molecule has 3 nitrogen and oxygen atoms in total. The first-order valence-electron chi connectivity index (χ1n) is 5.26. The maximum Gasteiger partial charge on any atom is 0.169 e. The summed E-state index contributed by atoms with van der Waals surface area (Å²) in [6.45, 7) is 1.13. The molecule has 0 saturated heterocycles. The second-order valence-corrected chi connectivity index (χ2v) is 4.01. The van der Waals surface area contributed by atoms with E-state index in [4.69, 9.17) is 21.1 Å². The van der Waals surface area contributed by atoms with Crippen LogP contribution >= 0.6 is 11.6 Å². The van der Waals surface area contributed by atoms with Crippen LogP contribution in [0, 0.1) is 6.07 Å². The molecular formula is C13H9ClNO2. The van der Waals surface area contributed by atoms with Crippen molar-refractivity contribution in [3.8, 4) is 22.6 Å². The Labute approximate surface area is 104 Å². The lowest BCUT2D eigenvalue weighted by Crippen LogP contribution is -2.15. The molecule has 17 heavy (non-hydrogen) atoms. The van der Waals surface area contributed by atoms with E-state index in [0.29, 0.717) is 18.4 Å². The van der Waals surface area contributed by atoms with Gasteiger partial charge in [-0.25, -0.2) is 4.98 Å². The number of pyridine rings is 1. The molecule has 3 rings (SSSR count). The summed E-state index contributed by atoms with van der Waals surface area (Å²) in [6, 6.07) is 10.4. The number of aromatic nitrogens is 1. The Bertz CT molecular complexity index is 557. The molecule has 0 spiro atoms. The smallest absolute Gasteiger partial charge is 0.169 e. The predicted molar refractivity (Wildman–Crippen MR) is 64.5 cm³/mol.